The molecule has 0 radical (unpaired) electrons. The van der Waals surface area contributed by atoms with Crippen molar-refractivity contribution in [3.05, 3.63) is 39.8 Å². The molecule has 0 saturated carbocycles. The minimum absolute atomic E-state index is 0.204. The zero-order chi connectivity index (χ0) is 16.6. The molecular weight excluding hydrogens is 358 g/mol. The third-order valence-electron chi connectivity index (χ3n) is 4.45. The number of fused-ring (bicyclic) bond motifs is 1. The molecule has 5 nitrogen and oxygen atoms in total. The maximum Gasteiger partial charge on any atom is 0.279 e. The Morgan fingerprint density at radius 1 is 1.39 bits per heavy atom. The molecule has 1 amide bonds. The van der Waals surface area contributed by atoms with E-state index in [1.54, 1.807) is 12.3 Å². The van der Waals surface area contributed by atoms with Crippen molar-refractivity contribution in [2.45, 2.75) is 40.0 Å². The topological polar surface area (TPSA) is 68.0 Å². The molecule has 0 aromatic carbocycles. The molecule has 1 aliphatic rings. The molecule has 0 aliphatic heterocycles. The van der Waals surface area contributed by atoms with Crippen LogP contribution in [0.4, 0.5) is 5.82 Å². The van der Waals surface area contributed by atoms with E-state index in [0.717, 1.165) is 35.1 Å². The molecule has 122 valence electrons. The van der Waals surface area contributed by atoms with Crippen LogP contribution < -0.4 is 5.32 Å². The predicted molar refractivity (Wildman–Crippen MR) is 91.4 cm³/mol. The smallest absolute Gasteiger partial charge is 0.279 e. The van der Waals surface area contributed by atoms with Crippen LogP contribution in [0.1, 0.15) is 49.0 Å². The number of aromatic nitrogens is 2. The van der Waals surface area contributed by atoms with Crippen molar-refractivity contribution in [2.24, 2.45) is 11.3 Å². The van der Waals surface area contributed by atoms with Crippen LogP contribution in [-0.2, 0) is 12.8 Å². The first kappa shape index (κ1) is 16.2. The summed E-state index contributed by atoms with van der Waals surface area (Å²) in [6.45, 7) is 6.71. The van der Waals surface area contributed by atoms with Gasteiger partial charge in [-0.15, -0.1) is 0 Å². The van der Waals surface area contributed by atoms with E-state index < -0.39 is 0 Å². The van der Waals surface area contributed by atoms with Crippen LogP contribution in [0.25, 0.3) is 0 Å². The Morgan fingerprint density at radius 3 is 2.83 bits per heavy atom. The minimum atomic E-state index is -0.264. The van der Waals surface area contributed by atoms with E-state index in [4.69, 9.17) is 4.52 Å². The molecule has 3 rings (SSSR count). The highest BCUT2D eigenvalue weighted by Gasteiger charge is 2.34. The van der Waals surface area contributed by atoms with E-state index in [1.807, 2.05) is 6.07 Å². The molecule has 0 bridgehead atoms. The highest BCUT2D eigenvalue weighted by Crippen LogP contribution is 2.38. The lowest BCUT2D eigenvalue weighted by atomic mass is 9.71. The van der Waals surface area contributed by atoms with Crippen molar-refractivity contribution in [3.63, 3.8) is 0 Å². The summed E-state index contributed by atoms with van der Waals surface area (Å²) in [5.74, 6) is 1.60. The number of carbonyl (C=O) groups excluding carboxylic acids is 1. The van der Waals surface area contributed by atoms with E-state index in [1.165, 1.54) is 0 Å². The summed E-state index contributed by atoms with van der Waals surface area (Å²) in [4.78, 5) is 16.7. The monoisotopic (exact) mass is 377 g/mol. The Bertz CT molecular complexity index is 716. The van der Waals surface area contributed by atoms with Gasteiger partial charge in [0.1, 0.15) is 11.6 Å². The van der Waals surface area contributed by atoms with Gasteiger partial charge in [-0.1, -0.05) is 25.9 Å². The maximum absolute atomic E-state index is 12.5. The van der Waals surface area contributed by atoms with Gasteiger partial charge < -0.3 is 9.84 Å². The van der Waals surface area contributed by atoms with Gasteiger partial charge in [0.05, 0.1) is 0 Å². The molecule has 0 saturated heterocycles. The van der Waals surface area contributed by atoms with Crippen LogP contribution in [0.2, 0.25) is 0 Å². The lowest BCUT2D eigenvalue weighted by molar-refractivity contribution is 0.101. The first-order valence-electron chi connectivity index (χ1n) is 7.75. The number of rotatable bonds is 2. The van der Waals surface area contributed by atoms with Gasteiger partial charge in [-0.05, 0) is 52.2 Å². The Hall–Kier alpha value is -1.69. The second-order valence-electron chi connectivity index (χ2n) is 7.05. The van der Waals surface area contributed by atoms with E-state index in [9.17, 15) is 4.79 Å². The summed E-state index contributed by atoms with van der Waals surface area (Å²) in [6, 6.07) is 3.57. The normalized spacial score (nSPS) is 17.7. The van der Waals surface area contributed by atoms with Crippen LogP contribution in [0, 0.1) is 11.3 Å². The third-order valence-corrected chi connectivity index (χ3v) is 4.92. The Labute approximate surface area is 144 Å². The molecule has 2 heterocycles. The SMILES string of the molecule is CC(C)(C)C1CCc2onc(C(=O)Nc3ccc(Br)cn3)c2C1. The van der Waals surface area contributed by atoms with Crippen molar-refractivity contribution in [3.8, 4) is 0 Å². The molecule has 6 heteroatoms. The number of nitrogens with one attached hydrogen (secondary N) is 1. The lowest BCUT2D eigenvalue weighted by Gasteiger charge is -2.33. The molecule has 23 heavy (non-hydrogen) atoms. The predicted octanol–water partition coefficient (Wildman–Crippen LogP) is 4.24. The van der Waals surface area contributed by atoms with E-state index in [2.05, 4.69) is 52.2 Å². The molecule has 1 unspecified atom stereocenters. The molecule has 0 fully saturated rings. The number of amides is 1. The van der Waals surface area contributed by atoms with Gasteiger partial charge in [0, 0.05) is 22.7 Å². The number of pyridine rings is 1. The van der Waals surface area contributed by atoms with Gasteiger partial charge in [0.2, 0.25) is 0 Å². The molecule has 2 aromatic heterocycles. The number of anilines is 1. The second-order valence-corrected chi connectivity index (χ2v) is 7.97. The van der Waals surface area contributed by atoms with Crippen LogP contribution >= 0.6 is 15.9 Å². The third kappa shape index (κ3) is 3.47. The number of nitrogens with zero attached hydrogens (tertiary/aromatic N) is 2. The van der Waals surface area contributed by atoms with E-state index in [0.29, 0.717) is 17.4 Å². The number of hydrogen-bond acceptors (Lipinski definition) is 4. The quantitative estimate of drug-likeness (QED) is 0.849. The molecule has 2 aromatic rings. The Balaban J connectivity index is 1.80. The standard InChI is InChI=1S/C17H20BrN3O2/c1-17(2,3)10-4-6-13-12(8-10)15(21-23-13)16(22)20-14-7-5-11(18)9-19-14/h5,7,9-10H,4,6,8H2,1-3H3,(H,19,20,22). The zero-order valence-electron chi connectivity index (χ0n) is 13.5. The van der Waals surface area contributed by atoms with E-state index in [-0.39, 0.29) is 11.3 Å². The first-order valence-corrected chi connectivity index (χ1v) is 8.54. The fraction of sp³-hybridized carbons (Fsp3) is 0.471. The van der Waals surface area contributed by atoms with Gasteiger partial charge in [0.15, 0.2) is 5.69 Å². The fourth-order valence-corrected chi connectivity index (χ4v) is 3.18. The molecule has 0 spiro atoms. The number of halogens is 1. The minimum Gasteiger partial charge on any atom is -0.360 e. The van der Waals surface area contributed by atoms with Crippen LogP contribution in [0.15, 0.2) is 27.3 Å². The molecular formula is C17H20BrN3O2. The zero-order valence-corrected chi connectivity index (χ0v) is 15.1. The Morgan fingerprint density at radius 2 is 2.17 bits per heavy atom. The fourth-order valence-electron chi connectivity index (χ4n) is 2.95. The largest absolute Gasteiger partial charge is 0.360 e. The van der Waals surface area contributed by atoms with Crippen molar-refractivity contribution in [1.29, 1.82) is 0 Å². The maximum atomic E-state index is 12.5. The van der Waals surface area contributed by atoms with Gasteiger partial charge in [-0.25, -0.2) is 4.98 Å². The summed E-state index contributed by atoms with van der Waals surface area (Å²) in [5, 5.41) is 6.79. The highest BCUT2D eigenvalue weighted by molar-refractivity contribution is 9.10. The van der Waals surface area contributed by atoms with E-state index >= 15 is 0 Å². The summed E-state index contributed by atoms with van der Waals surface area (Å²) >= 11 is 3.32. The van der Waals surface area contributed by atoms with Gasteiger partial charge in [-0.2, -0.15) is 0 Å². The van der Waals surface area contributed by atoms with Gasteiger partial charge in [0.25, 0.3) is 5.91 Å². The number of carbonyl (C=O) groups is 1. The van der Waals surface area contributed by atoms with Gasteiger partial charge >= 0.3 is 0 Å². The van der Waals surface area contributed by atoms with Crippen LogP contribution in [0.3, 0.4) is 0 Å². The lowest BCUT2D eigenvalue weighted by Crippen LogP contribution is -2.27. The van der Waals surface area contributed by atoms with Crippen molar-refractivity contribution < 1.29 is 9.32 Å². The molecule has 1 N–H and O–H groups in total. The van der Waals surface area contributed by atoms with Crippen LogP contribution in [-0.4, -0.2) is 16.0 Å². The Kier molecular flexibility index (Phi) is 4.27. The second kappa shape index (κ2) is 6.07. The summed E-state index contributed by atoms with van der Waals surface area (Å²) in [6.07, 6.45) is 4.39. The van der Waals surface area contributed by atoms with Crippen molar-refractivity contribution in [1.82, 2.24) is 10.1 Å². The van der Waals surface area contributed by atoms with Gasteiger partial charge in [-0.3, -0.25) is 4.79 Å². The summed E-state index contributed by atoms with van der Waals surface area (Å²) in [5.41, 5.74) is 1.54. The van der Waals surface area contributed by atoms with Crippen LogP contribution in [0.5, 0.6) is 0 Å². The number of aryl methyl sites for hydroxylation is 1. The average molecular weight is 378 g/mol. The average Bonchev–Trinajstić information content (AvgIpc) is 2.92. The van der Waals surface area contributed by atoms with Crippen molar-refractivity contribution in [2.75, 3.05) is 5.32 Å². The molecule has 1 aliphatic carbocycles. The highest BCUT2D eigenvalue weighted by atomic mass is 79.9. The first-order chi connectivity index (χ1) is 10.8. The summed E-state index contributed by atoms with van der Waals surface area (Å²) < 4.78 is 6.25. The number of hydrogen-bond donors (Lipinski definition) is 1. The van der Waals surface area contributed by atoms with Crippen molar-refractivity contribution >= 4 is 27.7 Å². The summed E-state index contributed by atoms with van der Waals surface area (Å²) in [7, 11) is 0. The molecule has 1 atom stereocenters.